The largest absolute Gasteiger partial charge is 0.497 e. The van der Waals surface area contributed by atoms with Crippen molar-refractivity contribution in [3.05, 3.63) is 77.0 Å². The van der Waals surface area contributed by atoms with Gasteiger partial charge in [0.2, 0.25) is 0 Å². The third kappa shape index (κ3) is 3.62. The molecule has 5 heteroatoms. The van der Waals surface area contributed by atoms with Crippen LogP contribution in [0.25, 0.3) is 6.08 Å². The molecule has 0 spiro atoms. The van der Waals surface area contributed by atoms with E-state index in [1.54, 1.807) is 51.3 Å². The first-order valence-electron chi connectivity index (χ1n) is 8.70. The van der Waals surface area contributed by atoms with E-state index in [1.807, 2.05) is 30.3 Å². The van der Waals surface area contributed by atoms with E-state index >= 15 is 0 Å². The van der Waals surface area contributed by atoms with Gasteiger partial charge in [0.15, 0.2) is 0 Å². The standard InChI is InChI=1S/C22H21NO4/c1-4-27-22(25)20-15(2)23(17-10-12-18(26-3)13-11-17)21(24)19(20)14-16-8-6-5-7-9-16/h5-14H,4H2,1-3H3. The highest BCUT2D eigenvalue weighted by Crippen LogP contribution is 2.36. The second kappa shape index (κ2) is 7.91. The summed E-state index contributed by atoms with van der Waals surface area (Å²) in [5, 5.41) is 0. The van der Waals surface area contributed by atoms with Crippen LogP contribution in [0.4, 0.5) is 5.69 Å². The molecule has 3 rings (SSSR count). The minimum absolute atomic E-state index is 0.241. The molecular formula is C22H21NO4. The number of allylic oxidation sites excluding steroid dienone is 1. The number of hydrogen-bond donors (Lipinski definition) is 0. The van der Waals surface area contributed by atoms with Gasteiger partial charge in [0.05, 0.1) is 24.9 Å². The lowest BCUT2D eigenvalue weighted by molar-refractivity contribution is -0.138. The molecule has 0 unspecified atom stereocenters. The summed E-state index contributed by atoms with van der Waals surface area (Å²) in [6.45, 7) is 3.73. The lowest BCUT2D eigenvalue weighted by Crippen LogP contribution is -2.24. The number of methoxy groups -OCH3 is 1. The number of nitrogens with zero attached hydrogens (tertiary/aromatic N) is 1. The number of benzene rings is 2. The van der Waals surface area contributed by atoms with Gasteiger partial charge < -0.3 is 9.47 Å². The third-order valence-electron chi connectivity index (χ3n) is 4.32. The Balaban J connectivity index is 2.09. The molecule has 0 fully saturated rings. The van der Waals surface area contributed by atoms with Gasteiger partial charge in [0.25, 0.3) is 5.91 Å². The minimum Gasteiger partial charge on any atom is -0.497 e. The van der Waals surface area contributed by atoms with E-state index < -0.39 is 5.97 Å². The number of hydrogen-bond acceptors (Lipinski definition) is 4. The maximum atomic E-state index is 13.2. The van der Waals surface area contributed by atoms with E-state index in [2.05, 4.69) is 0 Å². The van der Waals surface area contributed by atoms with Crippen molar-refractivity contribution in [3.63, 3.8) is 0 Å². The van der Waals surface area contributed by atoms with Crippen molar-refractivity contribution in [2.45, 2.75) is 13.8 Å². The van der Waals surface area contributed by atoms with Crippen LogP contribution in [0.2, 0.25) is 0 Å². The summed E-state index contributed by atoms with van der Waals surface area (Å²) >= 11 is 0. The quantitative estimate of drug-likeness (QED) is 0.596. The van der Waals surface area contributed by atoms with E-state index in [4.69, 9.17) is 9.47 Å². The Hall–Kier alpha value is -3.34. The Labute approximate surface area is 158 Å². The first-order chi connectivity index (χ1) is 13.1. The monoisotopic (exact) mass is 363 g/mol. The molecule has 0 atom stereocenters. The zero-order valence-electron chi connectivity index (χ0n) is 15.6. The molecule has 138 valence electrons. The van der Waals surface area contributed by atoms with Gasteiger partial charge in [-0.2, -0.15) is 0 Å². The summed E-state index contributed by atoms with van der Waals surface area (Å²) in [7, 11) is 1.58. The number of amides is 1. The zero-order valence-corrected chi connectivity index (χ0v) is 15.6. The van der Waals surface area contributed by atoms with Gasteiger partial charge in [-0.15, -0.1) is 0 Å². The van der Waals surface area contributed by atoms with E-state index in [0.29, 0.717) is 28.3 Å². The summed E-state index contributed by atoms with van der Waals surface area (Å²) in [5.41, 5.74) is 2.67. The van der Waals surface area contributed by atoms with Gasteiger partial charge in [-0.05, 0) is 49.8 Å². The van der Waals surface area contributed by atoms with Crippen LogP contribution in [0, 0.1) is 0 Å². The van der Waals surface area contributed by atoms with Crippen LogP contribution >= 0.6 is 0 Å². The summed E-state index contributed by atoms with van der Waals surface area (Å²) in [5.74, 6) is -0.0659. The van der Waals surface area contributed by atoms with Crippen LogP contribution in [0.3, 0.4) is 0 Å². The molecule has 0 aromatic heterocycles. The van der Waals surface area contributed by atoms with E-state index in [9.17, 15) is 9.59 Å². The van der Waals surface area contributed by atoms with Gasteiger partial charge >= 0.3 is 5.97 Å². The molecule has 5 nitrogen and oxygen atoms in total. The molecule has 27 heavy (non-hydrogen) atoms. The first kappa shape index (κ1) is 18.5. The molecule has 2 aromatic rings. The fraction of sp³-hybridized carbons (Fsp3) is 0.182. The van der Waals surface area contributed by atoms with Crippen molar-refractivity contribution in [2.24, 2.45) is 0 Å². The molecule has 1 amide bonds. The zero-order chi connectivity index (χ0) is 19.4. The van der Waals surface area contributed by atoms with Crippen molar-refractivity contribution in [3.8, 4) is 5.75 Å². The Bertz CT molecular complexity index is 911. The third-order valence-corrected chi connectivity index (χ3v) is 4.32. The second-order valence-electron chi connectivity index (χ2n) is 5.99. The number of carbonyl (C=O) groups excluding carboxylic acids is 2. The Kier molecular flexibility index (Phi) is 5.41. The number of anilines is 1. The van der Waals surface area contributed by atoms with Crippen molar-refractivity contribution in [2.75, 3.05) is 18.6 Å². The Morgan fingerprint density at radius 2 is 1.74 bits per heavy atom. The van der Waals surface area contributed by atoms with E-state index in [0.717, 1.165) is 5.56 Å². The number of ether oxygens (including phenoxy) is 2. The van der Waals surface area contributed by atoms with Crippen molar-refractivity contribution in [1.82, 2.24) is 0 Å². The van der Waals surface area contributed by atoms with E-state index in [-0.39, 0.29) is 12.5 Å². The SMILES string of the molecule is CCOC(=O)C1=C(C)N(c2ccc(OC)cc2)C(=O)C1=Cc1ccccc1. The van der Waals surface area contributed by atoms with Crippen molar-refractivity contribution >= 4 is 23.6 Å². The summed E-state index contributed by atoms with van der Waals surface area (Å²) in [6.07, 6.45) is 1.72. The van der Waals surface area contributed by atoms with Crippen LogP contribution in [-0.2, 0) is 14.3 Å². The van der Waals surface area contributed by atoms with Crippen molar-refractivity contribution in [1.29, 1.82) is 0 Å². The average Bonchev–Trinajstić information content (AvgIpc) is 2.93. The Morgan fingerprint density at radius 3 is 2.33 bits per heavy atom. The molecule has 0 saturated heterocycles. The lowest BCUT2D eigenvalue weighted by Gasteiger charge is -2.18. The fourth-order valence-electron chi connectivity index (χ4n) is 3.04. The highest BCUT2D eigenvalue weighted by molar-refractivity contribution is 6.23. The maximum Gasteiger partial charge on any atom is 0.340 e. The molecule has 0 radical (unpaired) electrons. The first-order valence-corrected chi connectivity index (χ1v) is 8.70. The summed E-state index contributed by atoms with van der Waals surface area (Å²) in [6, 6.07) is 16.6. The second-order valence-corrected chi connectivity index (χ2v) is 5.99. The number of carbonyl (C=O) groups is 2. The molecule has 0 bridgehead atoms. The van der Waals surface area contributed by atoms with E-state index in [1.165, 1.54) is 4.90 Å². The normalized spacial score (nSPS) is 15.4. The molecule has 1 heterocycles. The fourth-order valence-corrected chi connectivity index (χ4v) is 3.04. The van der Waals surface area contributed by atoms with Gasteiger partial charge in [0, 0.05) is 11.4 Å². The maximum absolute atomic E-state index is 13.2. The summed E-state index contributed by atoms with van der Waals surface area (Å²) in [4.78, 5) is 27.3. The van der Waals surface area contributed by atoms with Crippen LogP contribution in [0.5, 0.6) is 5.75 Å². The molecule has 1 aliphatic heterocycles. The average molecular weight is 363 g/mol. The van der Waals surface area contributed by atoms with Crippen molar-refractivity contribution < 1.29 is 19.1 Å². The molecule has 1 aliphatic rings. The smallest absolute Gasteiger partial charge is 0.340 e. The number of rotatable bonds is 5. The van der Waals surface area contributed by atoms with Crippen LogP contribution in [0.1, 0.15) is 19.4 Å². The molecule has 0 N–H and O–H groups in total. The number of esters is 1. The highest BCUT2D eigenvalue weighted by atomic mass is 16.5. The topological polar surface area (TPSA) is 55.8 Å². The molecule has 0 saturated carbocycles. The summed E-state index contributed by atoms with van der Waals surface area (Å²) < 4.78 is 10.4. The van der Waals surface area contributed by atoms with Gasteiger partial charge in [-0.3, -0.25) is 9.69 Å². The van der Waals surface area contributed by atoms with Crippen LogP contribution in [-0.4, -0.2) is 25.6 Å². The molecule has 2 aromatic carbocycles. The van der Waals surface area contributed by atoms with Crippen LogP contribution < -0.4 is 9.64 Å². The van der Waals surface area contributed by atoms with Gasteiger partial charge in [0.1, 0.15) is 5.75 Å². The van der Waals surface area contributed by atoms with Gasteiger partial charge in [-0.1, -0.05) is 30.3 Å². The predicted molar refractivity (Wildman–Crippen MR) is 104 cm³/mol. The molecule has 0 aliphatic carbocycles. The van der Waals surface area contributed by atoms with Gasteiger partial charge in [-0.25, -0.2) is 4.79 Å². The Morgan fingerprint density at radius 1 is 1.07 bits per heavy atom. The predicted octanol–water partition coefficient (Wildman–Crippen LogP) is 3.96. The lowest BCUT2D eigenvalue weighted by atomic mass is 10.0. The minimum atomic E-state index is -0.499. The molecular weight excluding hydrogens is 342 g/mol. The van der Waals surface area contributed by atoms with Crippen LogP contribution in [0.15, 0.2) is 71.4 Å². The highest BCUT2D eigenvalue weighted by Gasteiger charge is 2.38.